The van der Waals surface area contributed by atoms with Gasteiger partial charge >= 0.3 is 0 Å². The van der Waals surface area contributed by atoms with Gasteiger partial charge < -0.3 is 14.4 Å². The SMILES string of the molecule is [CH]OCOc1c([CH])nc(N2CC(F)(F)C2)nc1[CH]. The molecule has 0 N–H and O–H groups in total. The van der Waals surface area contributed by atoms with E-state index in [4.69, 9.17) is 25.7 Å². The number of aromatic nitrogens is 2. The monoisotopic (exact) mass is 253 g/mol. The fraction of sp³-hybridized carbons (Fsp3) is 0.364. The predicted octanol–water partition coefficient (Wildman–Crippen LogP) is 1.07. The Morgan fingerprint density at radius 3 is 2.22 bits per heavy atom. The van der Waals surface area contributed by atoms with Crippen LogP contribution in [0.3, 0.4) is 0 Å². The average Bonchev–Trinajstić information content (AvgIpc) is 2.24. The average molecular weight is 253 g/mol. The highest BCUT2D eigenvalue weighted by Crippen LogP contribution is 2.31. The van der Waals surface area contributed by atoms with Crippen LogP contribution in [0.25, 0.3) is 0 Å². The first kappa shape index (κ1) is 12.9. The third-order valence-corrected chi connectivity index (χ3v) is 2.30. The molecule has 0 aromatic carbocycles. The molecular weight excluding hydrogens is 244 g/mol. The van der Waals surface area contributed by atoms with E-state index in [1.54, 1.807) is 0 Å². The Hall–Kier alpha value is -1.50. The summed E-state index contributed by atoms with van der Waals surface area (Å²) in [6.45, 7) is 9.96. The van der Waals surface area contributed by atoms with E-state index in [9.17, 15) is 8.78 Å². The summed E-state index contributed by atoms with van der Waals surface area (Å²) in [7, 11) is 4.78. The molecule has 1 aromatic heterocycles. The van der Waals surface area contributed by atoms with Gasteiger partial charge in [0.1, 0.15) is 7.11 Å². The molecule has 1 aliphatic rings. The van der Waals surface area contributed by atoms with Gasteiger partial charge in [-0.05, 0) is 0 Å². The first-order valence-corrected chi connectivity index (χ1v) is 4.93. The quantitative estimate of drug-likeness (QED) is 0.751. The molecule has 1 saturated heterocycles. The van der Waals surface area contributed by atoms with Crippen molar-refractivity contribution in [1.29, 1.82) is 0 Å². The molecule has 0 atom stereocenters. The third-order valence-electron chi connectivity index (χ3n) is 2.30. The lowest BCUT2D eigenvalue weighted by Gasteiger charge is -2.38. The predicted molar refractivity (Wildman–Crippen MR) is 56.9 cm³/mol. The number of halogens is 2. The summed E-state index contributed by atoms with van der Waals surface area (Å²) in [5.74, 6) is -2.68. The highest BCUT2D eigenvalue weighted by molar-refractivity contribution is 5.45. The van der Waals surface area contributed by atoms with Gasteiger partial charge in [-0.2, -0.15) is 0 Å². The molecule has 2 rings (SSSR count). The van der Waals surface area contributed by atoms with Crippen LogP contribution in [0.5, 0.6) is 5.75 Å². The topological polar surface area (TPSA) is 47.5 Å². The van der Waals surface area contributed by atoms with Crippen molar-refractivity contribution in [2.75, 3.05) is 24.8 Å². The van der Waals surface area contributed by atoms with Gasteiger partial charge in [-0.3, -0.25) is 0 Å². The molecule has 5 nitrogen and oxygen atoms in total. The van der Waals surface area contributed by atoms with Crippen LogP contribution < -0.4 is 9.64 Å². The molecule has 0 bridgehead atoms. The van der Waals surface area contributed by atoms with Crippen molar-refractivity contribution < 1.29 is 18.3 Å². The first-order chi connectivity index (χ1) is 8.43. The van der Waals surface area contributed by atoms with Crippen molar-refractivity contribution in [3.8, 4) is 5.75 Å². The van der Waals surface area contributed by atoms with Crippen LogP contribution in [0.15, 0.2) is 0 Å². The summed E-state index contributed by atoms with van der Waals surface area (Å²) in [6, 6.07) is 0. The number of hydrogen-bond donors (Lipinski definition) is 0. The molecule has 0 unspecified atom stereocenters. The number of nitrogens with zero attached hydrogens (tertiary/aromatic N) is 3. The summed E-state index contributed by atoms with van der Waals surface area (Å²) in [4.78, 5) is 8.92. The van der Waals surface area contributed by atoms with E-state index in [0.29, 0.717) is 0 Å². The van der Waals surface area contributed by atoms with E-state index in [1.807, 2.05) is 0 Å². The molecule has 1 aromatic rings. The van der Waals surface area contributed by atoms with Crippen molar-refractivity contribution in [3.05, 3.63) is 32.3 Å². The minimum atomic E-state index is -2.73. The molecule has 0 aliphatic carbocycles. The standard InChI is InChI=1S/C11H9F2N3O2/c1-7-9(18-6-17-3)8(2)15-10(14-7)16-4-11(12,13)5-16/h1-3H,4-6H2. The molecule has 0 spiro atoms. The van der Waals surface area contributed by atoms with Crippen LogP contribution in [-0.4, -0.2) is 35.8 Å². The van der Waals surface area contributed by atoms with Crippen molar-refractivity contribution in [3.63, 3.8) is 0 Å². The highest BCUT2D eigenvalue weighted by Gasteiger charge is 2.45. The van der Waals surface area contributed by atoms with E-state index in [1.165, 1.54) is 4.90 Å². The van der Waals surface area contributed by atoms with E-state index in [2.05, 4.69) is 14.7 Å². The molecule has 6 radical (unpaired) electrons. The van der Waals surface area contributed by atoms with Crippen molar-refractivity contribution in [1.82, 2.24) is 9.97 Å². The molecule has 0 amide bonds. The Kier molecular flexibility index (Phi) is 3.34. The number of ether oxygens (including phenoxy) is 2. The zero-order valence-electron chi connectivity index (χ0n) is 9.27. The Bertz CT molecular complexity index is 423. The summed E-state index contributed by atoms with van der Waals surface area (Å²) in [5, 5.41) is 0. The molecule has 1 aliphatic heterocycles. The second-order valence-corrected chi connectivity index (χ2v) is 3.76. The minimum absolute atomic E-state index is 0.0106. The third kappa shape index (κ3) is 2.50. The van der Waals surface area contributed by atoms with Crippen LogP contribution >= 0.6 is 0 Å². The second kappa shape index (κ2) is 4.64. The highest BCUT2D eigenvalue weighted by atomic mass is 19.3. The number of rotatable bonds is 4. The zero-order chi connectivity index (χ0) is 13.3. The van der Waals surface area contributed by atoms with Gasteiger partial charge in [-0.25, -0.2) is 18.7 Å². The van der Waals surface area contributed by atoms with E-state index < -0.39 is 19.0 Å². The summed E-state index contributed by atoms with van der Waals surface area (Å²) < 4.78 is 34.6. The minimum Gasteiger partial charge on any atom is -0.464 e. The largest absolute Gasteiger partial charge is 0.464 e. The number of alkyl halides is 2. The summed E-state index contributed by atoms with van der Waals surface area (Å²) in [5.41, 5.74) is -0.130. The Balaban J connectivity index is 2.16. The molecule has 18 heavy (non-hydrogen) atoms. The van der Waals surface area contributed by atoms with Gasteiger partial charge in [-0.1, -0.05) is 0 Å². The second-order valence-electron chi connectivity index (χ2n) is 3.76. The molecular formula is C11H9F2N3O2. The number of hydrogen-bond acceptors (Lipinski definition) is 5. The van der Waals surface area contributed by atoms with Gasteiger partial charge in [0.2, 0.25) is 5.95 Å². The molecule has 2 heterocycles. The van der Waals surface area contributed by atoms with Gasteiger partial charge in [0.15, 0.2) is 12.5 Å². The van der Waals surface area contributed by atoms with Crippen LogP contribution in [0.4, 0.5) is 14.7 Å². The lowest BCUT2D eigenvalue weighted by molar-refractivity contribution is -0.0272. The fourth-order valence-electron chi connectivity index (χ4n) is 1.51. The van der Waals surface area contributed by atoms with Crippen molar-refractivity contribution in [2.24, 2.45) is 0 Å². The normalized spacial score (nSPS) is 17.5. The van der Waals surface area contributed by atoms with Gasteiger partial charge in [0.05, 0.1) is 24.5 Å². The molecule has 0 saturated carbocycles. The Morgan fingerprint density at radius 2 is 1.78 bits per heavy atom. The van der Waals surface area contributed by atoms with Crippen LogP contribution in [0.2, 0.25) is 0 Å². The van der Waals surface area contributed by atoms with Crippen LogP contribution in [0.1, 0.15) is 11.4 Å². The van der Waals surface area contributed by atoms with Gasteiger partial charge in [-0.15, -0.1) is 0 Å². The maximum absolute atomic E-state index is 12.7. The van der Waals surface area contributed by atoms with E-state index >= 15 is 0 Å². The maximum atomic E-state index is 12.7. The smallest absolute Gasteiger partial charge is 0.282 e. The first-order valence-electron chi connectivity index (χ1n) is 4.93. The van der Waals surface area contributed by atoms with Gasteiger partial charge in [0, 0.05) is 13.8 Å². The summed E-state index contributed by atoms with van der Waals surface area (Å²) in [6.07, 6.45) is 0. The van der Waals surface area contributed by atoms with E-state index in [-0.39, 0.29) is 29.9 Å². The van der Waals surface area contributed by atoms with Crippen LogP contribution in [0, 0.1) is 21.0 Å². The molecule has 7 heteroatoms. The summed E-state index contributed by atoms with van der Waals surface area (Å²) >= 11 is 0. The zero-order valence-corrected chi connectivity index (χ0v) is 9.27. The lowest BCUT2D eigenvalue weighted by atomic mass is 10.1. The maximum Gasteiger partial charge on any atom is 0.282 e. The Morgan fingerprint density at radius 1 is 1.22 bits per heavy atom. The lowest BCUT2D eigenvalue weighted by Crippen LogP contribution is -2.57. The van der Waals surface area contributed by atoms with Crippen molar-refractivity contribution in [2.45, 2.75) is 5.92 Å². The molecule has 1 fully saturated rings. The number of anilines is 1. The van der Waals surface area contributed by atoms with Crippen LogP contribution in [-0.2, 0) is 4.74 Å². The Labute approximate surface area is 104 Å². The van der Waals surface area contributed by atoms with E-state index in [0.717, 1.165) is 0 Å². The molecule has 94 valence electrons. The fourth-order valence-corrected chi connectivity index (χ4v) is 1.51. The van der Waals surface area contributed by atoms with Gasteiger partial charge in [0.25, 0.3) is 5.92 Å². The van der Waals surface area contributed by atoms with Crippen molar-refractivity contribution >= 4 is 5.95 Å².